The van der Waals surface area contributed by atoms with Crippen LogP contribution in [0.4, 0.5) is 5.69 Å². The Bertz CT molecular complexity index is 898. The molecular formula is C20H22N2O7. The summed E-state index contributed by atoms with van der Waals surface area (Å²) in [5.41, 5.74) is 0.417. The van der Waals surface area contributed by atoms with Crippen LogP contribution in [0.15, 0.2) is 42.5 Å². The van der Waals surface area contributed by atoms with Crippen molar-refractivity contribution in [2.24, 2.45) is 0 Å². The molecule has 2 aromatic carbocycles. The van der Waals surface area contributed by atoms with E-state index in [1.165, 1.54) is 17.0 Å². The number of esters is 1. The van der Waals surface area contributed by atoms with Crippen LogP contribution in [-0.4, -0.2) is 49.1 Å². The summed E-state index contributed by atoms with van der Waals surface area (Å²) in [5.74, 6) is -0.563. The molecule has 9 heteroatoms. The van der Waals surface area contributed by atoms with Gasteiger partial charge in [0.1, 0.15) is 5.75 Å². The Kier molecular flexibility index (Phi) is 7.53. The summed E-state index contributed by atoms with van der Waals surface area (Å²) in [6.07, 6.45) is 0. The number of hydrogen-bond donors (Lipinski definition) is 0. The predicted octanol–water partition coefficient (Wildman–Crippen LogP) is 2.82. The average Bonchev–Trinajstić information content (AvgIpc) is 2.72. The maximum absolute atomic E-state index is 12.3. The van der Waals surface area contributed by atoms with Crippen LogP contribution in [0, 0.1) is 10.1 Å². The number of rotatable bonds is 9. The van der Waals surface area contributed by atoms with E-state index in [0.29, 0.717) is 5.75 Å². The fourth-order valence-corrected chi connectivity index (χ4v) is 2.56. The molecule has 0 aliphatic carbocycles. The van der Waals surface area contributed by atoms with Gasteiger partial charge in [0.25, 0.3) is 5.91 Å². The van der Waals surface area contributed by atoms with Gasteiger partial charge in [-0.2, -0.15) is 0 Å². The van der Waals surface area contributed by atoms with Crippen molar-refractivity contribution in [1.29, 1.82) is 0 Å². The molecule has 0 N–H and O–H groups in total. The highest BCUT2D eigenvalue weighted by molar-refractivity contribution is 5.92. The number of carbonyl (C=O) groups excluding carboxylic acids is 2. The van der Waals surface area contributed by atoms with Crippen molar-refractivity contribution in [2.45, 2.75) is 13.5 Å². The molecule has 0 bridgehead atoms. The van der Waals surface area contributed by atoms with Gasteiger partial charge < -0.3 is 19.1 Å². The largest absolute Gasteiger partial charge is 0.496 e. The maximum Gasteiger partial charge on any atom is 0.338 e. The molecule has 29 heavy (non-hydrogen) atoms. The molecule has 2 rings (SSSR count). The van der Waals surface area contributed by atoms with E-state index < -0.39 is 23.4 Å². The van der Waals surface area contributed by atoms with Gasteiger partial charge in [0.2, 0.25) is 0 Å². The lowest BCUT2D eigenvalue weighted by Gasteiger charge is -2.18. The molecule has 0 saturated heterocycles. The first-order chi connectivity index (χ1) is 13.9. The molecule has 2 aromatic rings. The summed E-state index contributed by atoms with van der Waals surface area (Å²) in [7, 11) is 3.11. The summed E-state index contributed by atoms with van der Waals surface area (Å²) in [4.78, 5) is 36.4. The van der Waals surface area contributed by atoms with Gasteiger partial charge in [0, 0.05) is 25.2 Å². The number of carbonyl (C=O) groups is 2. The van der Waals surface area contributed by atoms with Gasteiger partial charge in [-0.25, -0.2) is 4.79 Å². The van der Waals surface area contributed by atoms with Crippen molar-refractivity contribution >= 4 is 17.6 Å². The van der Waals surface area contributed by atoms with Crippen molar-refractivity contribution in [3.8, 4) is 11.5 Å². The third-order valence-corrected chi connectivity index (χ3v) is 4.04. The Balaban J connectivity index is 2.00. The molecule has 154 valence electrons. The number of hydrogen-bond acceptors (Lipinski definition) is 7. The number of ether oxygens (including phenoxy) is 3. The molecular weight excluding hydrogens is 380 g/mol. The minimum absolute atomic E-state index is 0.0414. The zero-order valence-corrected chi connectivity index (χ0v) is 16.4. The number of likely N-dealkylation sites (N-methyl/N-ethyl adjacent to an activating group) is 1. The number of nitro benzene ring substituents is 1. The lowest BCUT2D eigenvalue weighted by Crippen LogP contribution is -2.31. The molecule has 0 heterocycles. The minimum atomic E-state index is -0.838. The average molecular weight is 402 g/mol. The molecule has 0 unspecified atom stereocenters. The van der Waals surface area contributed by atoms with E-state index in [9.17, 15) is 19.7 Å². The first kappa shape index (κ1) is 21.7. The van der Waals surface area contributed by atoms with Crippen LogP contribution in [0.25, 0.3) is 0 Å². The number of nitrogens with zero attached hydrogens (tertiary/aromatic N) is 2. The number of benzene rings is 2. The maximum atomic E-state index is 12.3. The van der Waals surface area contributed by atoms with Crippen LogP contribution in [0.2, 0.25) is 0 Å². The fourth-order valence-electron chi connectivity index (χ4n) is 2.56. The van der Waals surface area contributed by atoms with E-state index in [-0.39, 0.29) is 30.2 Å². The van der Waals surface area contributed by atoms with Crippen LogP contribution in [0.3, 0.4) is 0 Å². The first-order valence-electron chi connectivity index (χ1n) is 8.81. The van der Waals surface area contributed by atoms with Crippen LogP contribution in [0.1, 0.15) is 22.8 Å². The van der Waals surface area contributed by atoms with Gasteiger partial charge in [-0.15, -0.1) is 0 Å². The van der Waals surface area contributed by atoms with Crippen molar-refractivity contribution in [1.82, 2.24) is 4.90 Å². The van der Waals surface area contributed by atoms with Gasteiger partial charge in [-0.3, -0.25) is 14.9 Å². The van der Waals surface area contributed by atoms with Crippen molar-refractivity contribution in [3.05, 3.63) is 63.7 Å². The van der Waals surface area contributed by atoms with Crippen molar-refractivity contribution in [2.75, 3.05) is 27.4 Å². The van der Waals surface area contributed by atoms with Crippen molar-refractivity contribution in [3.63, 3.8) is 0 Å². The van der Waals surface area contributed by atoms with E-state index >= 15 is 0 Å². The number of methoxy groups -OCH3 is 1. The highest BCUT2D eigenvalue weighted by Crippen LogP contribution is 2.28. The van der Waals surface area contributed by atoms with Gasteiger partial charge in [-0.1, -0.05) is 18.2 Å². The van der Waals surface area contributed by atoms with Gasteiger partial charge in [-0.05, 0) is 25.1 Å². The monoisotopic (exact) mass is 402 g/mol. The molecule has 0 atom stereocenters. The van der Waals surface area contributed by atoms with E-state index in [4.69, 9.17) is 14.2 Å². The van der Waals surface area contributed by atoms with E-state index in [1.54, 1.807) is 27.1 Å². The Morgan fingerprint density at radius 2 is 1.86 bits per heavy atom. The lowest BCUT2D eigenvalue weighted by atomic mass is 10.2. The quantitative estimate of drug-likeness (QED) is 0.360. The Morgan fingerprint density at radius 3 is 2.52 bits per heavy atom. The lowest BCUT2D eigenvalue weighted by molar-refractivity contribution is -0.385. The van der Waals surface area contributed by atoms with E-state index in [2.05, 4.69) is 0 Å². The second kappa shape index (κ2) is 10.1. The molecule has 9 nitrogen and oxygen atoms in total. The Hall–Kier alpha value is -3.62. The summed E-state index contributed by atoms with van der Waals surface area (Å²) < 4.78 is 15.4. The minimum Gasteiger partial charge on any atom is -0.496 e. The molecule has 0 aliphatic rings. The predicted molar refractivity (Wildman–Crippen MR) is 104 cm³/mol. The topological polar surface area (TPSA) is 108 Å². The molecule has 0 fully saturated rings. The normalized spacial score (nSPS) is 10.2. The number of nitro groups is 1. The second-order valence-electron chi connectivity index (χ2n) is 6.01. The summed E-state index contributed by atoms with van der Waals surface area (Å²) in [5, 5.41) is 11.2. The third-order valence-electron chi connectivity index (χ3n) is 4.04. The highest BCUT2D eigenvalue weighted by atomic mass is 16.6. The van der Waals surface area contributed by atoms with Gasteiger partial charge in [0.15, 0.2) is 12.4 Å². The number of amides is 1. The molecule has 1 amide bonds. The van der Waals surface area contributed by atoms with Crippen LogP contribution >= 0.6 is 0 Å². The molecule has 0 spiro atoms. The van der Waals surface area contributed by atoms with E-state index in [1.807, 2.05) is 18.2 Å². The number of para-hydroxylation sites is 1. The van der Waals surface area contributed by atoms with Crippen LogP contribution in [-0.2, 0) is 16.1 Å². The summed E-state index contributed by atoms with van der Waals surface area (Å²) in [6.45, 7) is 1.72. The van der Waals surface area contributed by atoms with E-state index in [0.717, 1.165) is 11.6 Å². The van der Waals surface area contributed by atoms with Gasteiger partial charge >= 0.3 is 11.7 Å². The first-order valence-corrected chi connectivity index (χ1v) is 8.81. The van der Waals surface area contributed by atoms with Crippen LogP contribution in [0.5, 0.6) is 11.5 Å². The van der Waals surface area contributed by atoms with Gasteiger partial charge in [0.05, 0.1) is 24.2 Å². The Labute approximate surface area is 167 Å². The zero-order valence-electron chi connectivity index (χ0n) is 16.4. The standard InChI is InChI=1S/C20H22N2O7/c1-4-28-18-10-9-14(11-16(18)22(25)26)20(24)29-13-19(23)21(2)12-15-7-5-6-8-17(15)27-3/h5-11H,4,12-13H2,1-3H3. The molecule has 0 aromatic heterocycles. The molecule has 0 aliphatic heterocycles. The Morgan fingerprint density at radius 1 is 1.14 bits per heavy atom. The smallest absolute Gasteiger partial charge is 0.338 e. The van der Waals surface area contributed by atoms with Crippen molar-refractivity contribution < 1.29 is 28.7 Å². The SMILES string of the molecule is CCOc1ccc(C(=O)OCC(=O)N(C)Cc2ccccc2OC)cc1[N+](=O)[O-]. The molecule has 0 saturated carbocycles. The van der Waals surface area contributed by atoms with Crippen LogP contribution < -0.4 is 9.47 Å². The summed E-state index contributed by atoms with van der Waals surface area (Å²) >= 11 is 0. The third kappa shape index (κ3) is 5.68. The molecule has 0 radical (unpaired) electrons. The highest BCUT2D eigenvalue weighted by Gasteiger charge is 2.20. The summed E-state index contributed by atoms with van der Waals surface area (Å²) in [6, 6.07) is 11.0. The zero-order chi connectivity index (χ0) is 21.4. The second-order valence-corrected chi connectivity index (χ2v) is 6.01. The fraction of sp³-hybridized carbons (Fsp3) is 0.300.